The van der Waals surface area contributed by atoms with Crippen molar-refractivity contribution in [1.82, 2.24) is 14.8 Å². The molecule has 0 saturated heterocycles. The van der Waals surface area contributed by atoms with Gasteiger partial charge in [0.15, 0.2) is 0 Å². The first-order valence-corrected chi connectivity index (χ1v) is 5.47. The molecule has 4 nitrogen and oxygen atoms in total. The lowest BCUT2D eigenvalue weighted by molar-refractivity contribution is 0.639. The van der Waals surface area contributed by atoms with Crippen molar-refractivity contribution in [2.45, 2.75) is 13.1 Å². The van der Waals surface area contributed by atoms with Gasteiger partial charge in [0.25, 0.3) is 0 Å². The zero-order chi connectivity index (χ0) is 11.5. The normalized spacial score (nSPS) is 10.7. The minimum absolute atomic E-state index is 0.335. The van der Waals surface area contributed by atoms with E-state index < -0.39 is 0 Å². The molecule has 2 aromatic rings. The highest BCUT2D eigenvalue weighted by Gasteiger charge is 2.09. The van der Waals surface area contributed by atoms with Gasteiger partial charge in [0, 0.05) is 15.6 Å². The Labute approximate surface area is 103 Å². The van der Waals surface area contributed by atoms with Gasteiger partial charge in [-0.1, -0.05) is 29.3 Å². The second-order valence-electron chi connectivity index (χ2n) is 3.24. The smallest absolute Gasteiger partial charge is 0.140 e. The van der Waals surface area contributed by atoms with Gasteiger partial charge >= 0.3 is 0 Å². The van der Waals surface area contributed by atoms with Crippen LogP contribution in [0, 0.1) is 0 Å². The number of hydrogen-bond donors (Lipinski definition) is 1. The van der Waals surface area contributed by atoms with Gasteiger partial charge in [-0.3, -0.25) is 0 Å². The van der Waals surface area contributed by atoms with E-state index in [-0.39, 0.29) is 0 Å². The maximum atomic E-state index is 6.06. The van der Waals surface area contributed by atoms with Crippen molar-refractivity contribution in [3.05, 3.63) is 46.0 Å². The predicted molar refractivity (Wildman–Crippen MR) is 63.5 cm³/mol. The first kappa shape index (κ1) is 11.4. The van der Waals surface area contributed by atoms with E-state index in [1.807, 2.05) is 0 Å². The number of benzene rings is 1. The van der Waals surface area contributed by atoms with Crippen LogP contribution in [-0.2, 0) is 13.1 Å². The van der Waals surface area contributed by atoms with E-state index in [4.69, 9.17) is 28.9 Å². The van der Waals surface area contributed by atoms with Crippen molar-refractivity contribution in [1.29, 1.82) is 0 Å². The van der Waals surface area contributed by atoms with Crippen molar-refractivity contribution < 1.29 is 0 Å². The molecule has 0 aliphatic rings. The Morgan fingerprint density at radius 3 is 2.56 bits per heavy atom. The van der Waals surface area contributed by atoms with Crippen molar-refractivity contribution in [3.8, 4) is 0 Å². The third-order valence-corrected chi connectivity index (χ3v) is 2.96. The van der Waals surface area contributed by atoms with Gasteiger partial charge in [-0.2, -0.15) is 5.10 Å². The average Bonchev–Trinajstić information content (AvgIpc) is 2.71. The molecule has 0 radical (unpaired) electrons. The first-order valence-electron chi connectivity index (χ1n) is 4.72. The Kier molecular flexibility index (Phi) is 3.43. The third kappa shape index (κ3) is 2.19. The molecule has 84 valence electrons. The van der Waals surface area contributed by atoms with Crippen LogP contribution in [0.4, 0.5) is 0 Å². The largest absolute Gasteiger partial charge is 0.324 e. The van der Waals surface area contributed by atoms with E-state index in [2.05, 4.69) is 10.1 Å². The van der Waals surface area contributed by atoms with E-state index in [9.17, 15) is 0 Å². The highest BCUT2D eigenvalue weighted by atomic mass is 35.5. The van der Waals surface area contributed by atoms with Gasteiger partial charge in [0.05, 0.1) is 13.1 Å². The fraction of sp³-hybridized carbons (Fsp3) is 0.200. The van der Waals surface area contributed by atoms with Crippen LogP contribution in [-0.4, -0.2) is 14.8 Å². The summed E-state index contributed by atoms with van der Waals surface area (Å²) in [7, 11) is 0. The van der Waals surface area contributed by atoms with Crippen LogP contribution >= 0.6 is 23.2 Å². The summed E-state index contributed by atoms with van der Waals surface area (Å²) in [5, 5.41) is 5.31. The highest BCUT2D eigenvalue weighted by Crippen LogP contribution is 2.24. The quantitative estimate of drug-likeness (QED) is 0.915. The maximum absolute atomic E-state index is 6.06. The molecular weight excluding hydrogens is 247 g/mol. The lowest BCUT2D eigenvalue weighted by atomic mass is 10.2. The fourth-order valence-corrected chi connectivity index (χ4v) is 1.93. The molecule has 0 spiro atoms. The molecule has 0 atom stereocenters. The average molecular weight is 257 g/mol. The molecule has 0 unspecified atom stereocenters. The topological polar surface area (TPSA) is 56.7 Å². The van der Waals surface area contributed by atoms with E-state index in [0.717, 1.165) is 5.56 Å². The van der Waals surface area contributed by atoms with Crippen molar-refractivity contribution in [3.63, 3.8) is 0 Å². The summed E-state index contributed by atoms with van der Waals surface area (Å²) < 4.78 is 1.69. The lowest BCUT2D eigenvalue weighted by Crippen LogP contribution is -2.11. The Hall–Kier alpha value is -1.10. The van der Waals surface area contributed by atoms with Crippen molar-refractivity contribution in [2.24, 2.45) is 5.73 Å². The summed E-state index contributed by atoms with van der Waals surface area (Å²) in [6.45, 7) is 0.813. The minimum Gasteiger partial charge on any atom is -0.324 e. The van der Waals surface area contributed by atoms with Gasteiger partial charge < -0.3 is 5.73 Å². The van der Waals surface area contributed by atoms with Crippen LogP contribution in [0.3, 0.4) is 0 Å². The van der Waals surface area contributed by atoms with Crippen LogP contribution in [0.15, 0.2) is 24.5 Å². The molecule has 2 N–H and O–H groups in total. The minimum atomic E-state index is 0.335. The highest BCUT2D eigenvalue weighted by molar-refractivity contribution is 6.35. The molecule has 2 rings (SSSR count). The van der Waals surface area contributed by atoms with Gasteiger partial charge in [-0.25, -0.2) is 9.67 Å². The molecule has 1 aromatic heterocycles. The molecule has 1 heterocycles. The summed E-state index contributed by atoms with van der Waals surface area (Å²) in [4.78, 5) is 4.03. The Balaban J connectivity index is 2.34. The number of halogens is 2. The zero-order valence-corrected chi connectivity index (χ0v) is 9.91. The molecule has 0 aliphatic carbocycles. The molecule has 16 heavy (non-hydrogen) atoms. The van der Waals surface area contributed by atoms with Gasteiger partial charge in [0.2, 0.25) is 0 Å². The zero-order valence-electron chi connectivity index (χ0n) is 8.40. The molecule has 0 saturated carbocycles. The van der Waals surface area contributed by atoms with Gasteiger partial charge in [-0.15, -0.1) is 0 Å². The van der Waals surface area contributed by atoms with E-state index in [1.54, 1.807) is 22.9 Å². The number of rotatable bonds is 3. The second kappa shape index (κ2) is 4.82. The number of nitrogens with zero attached hydrogens (tertiary/aromatic N) is 3. The Morgan fingerprint density at radius 2 is 1.94 bits per heavy atom. The van der Waals surface area contributed by atoms with Crippen LogP contribution in [0.25, 0.3) is 0 Å². The van der Waals surface area contributed by atoms with Gasteiger partial charge in [-0.05, 0) is 12.1 Å². The monoisotopic (exact) mass is 256 g/mol. The van der Waals surface area contributed by atoms with Crippen LogP contribution in [0.5, 0.6) is 0 Å². The maximum Gasteiger partial charge on any atom is 0.140 e. The predicted octanol–water partition coefficient (Wildman–Crippen LogP) is 2.09. The van der Waals surface area contributed by atoms with E-state index in [0.29, 0.717) is 29.0 Å². The number of hydrogen-bond acceptors (Lipinski definition) is 3. The second-order valence-corrected chi connectivity index (χ2v) is 4.05. The summed E-state index contributed by atoms with van der Waals surface area (Å²) >= 11 is 12.1. The molecule has 6 heteroatoms. The summed E-state index contributed by atoms with van der Waals surface area (Å²) in [6.07, 6.45) is 1.47. The lowest BCUT2D eigenvalue weighted by Gasteiger charge is -2.08. The van der Waals surface area contributed by atoms with E-state index in [1.165, 1.54) is 6.33 Å². The summed E-state index contributed by atoms with van der Waals surface area (Å²) in [6, 6.07) is 5.39. The molecular formula is C10H10Cl2N4. The standard InChI is InChI=1S/C10H10Cl2N4/c11-8-2-1-3-9(12)7(8)5-16-10(4-13)14-6-15-16/h1-3,6H,4-5,13H2. The Bertz CT molecular complexity index is 475. The summed E-state index contributed by atoms with van der Waals surface area (Å²) in [5.74, 6) is 0.705. The van der Waals surface area contributed by atoms with Crippen LogP contribution in [0.2, 0.25) is 10.0 Å². The molecule has 0 fully saturated rings. The molecule has 0 aliphatic heterocycles. The SMILES string of the molecule is NCc1ncnn1Cc1c(Cl)cccc1Cl. The molecule has 1 aromatic carbocycles. The Morgan fingerprint density at radius 1 is 1.25 bits per heavy atom. The van der Waals surface area contributed by atoms with Crippen LogP contribution in [0.1, 0.15) is 11.4 Å². The first-order chi connectivity index (χ1) is 7.72. The van der Waals surface area contributed by atoms with Crippen molar-refractivity contribution in [2.75, 3.05) is 0 Å². The molecule has 0 bridgehead atoms. The van der Waals surface area contributed by atoms with Gasteiger partial charge in [0.1, 0.15) is 12.2 Å². The van der Waals surface area contributed by atoms with E-state index >= 15 is 0 Å². The molecule has 0 amide bonds. The number of nitrogens with two attached hydrogens (primary N) is 1. The fourth-order valence-electron chi connectivity index (χ4n) is 1.41. The third-order valence-electron chi connectivity index (χ3n) is 2.25. The summed E-state index contributed by atoms with van der Waals surface area (Å²) in [5.41, 5.74) is 6.36. The van der Waals surface area contributed by atoms with Crippen molar-refractivity contribution >= 4 is 23.2 Å². The van der Waals surface area contributed by atoms with Crippen LogP contribution < -0.4 is 5.73 Å². The number of aromatic nitrogens is 3.